The Kier molecular flexibility index (Phi) is 4.14. The van der Waals surface area contributed by atoms with E-state index in [-0.39, 0.29) is 28.4 Å². The topological polar surface area (TPSA) is 77.5 Å². The summed E-state index contributed by atoms with van der Waals surface area (Å²) in [6.07, 6.45) is 1.15. The first kappa shape index (κ1) is 15.4. The van der Waals surface area contributed by atoms with Crippen molar-refractivity contribution in [2.45, 2.75) is 11.4 Å². The van der Waals surface area contributed by atoms with Crippen LogP contribution in [-0.4, -0.2) is 20.2 Å². The number of pyridine rings is 1. The molecule has 2 heterocycles. The zero-order chi connectivity index (χ0) is 15.7. The lowest BCUT2D eigenvalue weighted by atomic mass is 10.2. The maximum atomic E-state index is 12.2. The predicted octanol–water partition coefficient (Wildman–Crippen LogP) is 2.60. The summed E-state index contributed by atoms with van der Waals surface area (Å²) in [6.45, 7) is 0.263. The van der Waals surface area contributed by atoms with E-state index in [1.807, 2.05) is 0 Å². The molecule has 0 atom stereocenters. The van der Waals surface area contributed by atoms with E-state index in [0.29, 0.717) is 11.5 Å². The van der Waals surface area contributed by atoms with Gasteiger partial charge in [-0.05, 0) is 23.8 Å². The lowest BCUT2D eigenvalue weighted by molar-refractivity contribution is 0.174. The Morgan fingerprint density at radius 2 is 1.95 bits per heavy atom. The van der Waals surface area contributed by atoms with Crippen molar-refractivity contribution in [3.8, 4) is 11.5 Å². The summed E-state index contributed by atoms with van der Waals surface area (Å²) < 4.78 is 37.3. The van der Waals surface area contributed by atoms with E-state index in [4.69, 9.17) is 32.7 Å². The molecule has 0 bridgehead atoms. The van der Waals surface area contributed by atoms with Gasteiger partial charge < -0.3 is 9.47 Å². The van der Waals surface area contributed by atoms with Crippen LogP contribution in [0.4, 0.5) is 0 Å². The average molecular weight is 361 g/mol. The third-order valence-electron chi connectivity index (χ3n) is 2.98. The van der Waals surface area contributed by atoms with Crippen molar-refractivity contribution in [2.75, 3.05) is 6.79 Å². The molecule has 3 rings (SSSR count). The molecule has 0 unspecified atom stereocenters. The van der Waals surface area contributed by atoms with Crippen molar-refractivity contribution in [2.24, 2.45) is 0 Å². The molecule has 2 aromatic rings. The van der Waals surface area contributed by atoms with Gasteiger partial charge in [0, 0.05) is 12.7 Å². The number of nitrogens with zero attached hydrogens (tertiary/aromatic N) is 1. The standard InChI is InChI=1S/C13H10Cl2N2O4S/c14-10-4-9(6-16-13(10)15)22(18,19)17-5-8-1-2-11-12(3-8)21-7-20-11/h1-4,6,17H,5,7H2. The highest BCUT2D eigenvalue weighted by Gasteiger charge is 2.18. The summed E-state index contributed by atoms with van der Waals surface area (Å²) in [7, 11) is -3.74. The second kappa shape index (κ2) is 5.92. The number of benzene rings is 1. The van der Waals surface area contributed by atoms with Crippen LogP contribution in [0.5, 0.6) is 11.5 Å². The number of halogens is 2. The van der Waals surface area contributed by atoms with Gasteiger partial charge in [-0.25, -0.2) is 18.1 Å². The van der Waals surface area contributed by atoms with Gasteiger partial charge in [-0.1, -0.05) is 29.3 Å². The highest BCUT2D eigenvalue weighted by molar-refractivity contribution is 7.89. The van der Waals surface area contributed by atoms with Gasteiger partial charge in [-0.3, -0.25) is 0 Å². The third-order valence-corrected chi connectivity index (χ3v) is 5.04. The SMILES string of the molecule is O=S(=O)(NCc1ccc2c(c1)OCO2)c1cnc(Cl)c(Cl)c1. The summed E-state index contributed by atoms with van der Waals surface area (Å²) in [5.41, 5.74) is 0.737. The molecule has 0 amide bonds. The third kappa shape index (κ3) is 3.12. The number of rotatable bonds is 4. The number of fused-ring (bicyclic) bond motifs is 1. The predicted molar refractivity (Wildman–Crippen MR) is 80.8 cm³/mol. The molecule has 0 aliphatic carbocycles. The van der Waals surface area contributed by atoms with Crippen LogP contribution in [0, 0.1) is 0 Å². The number of hydrogen-bond acceptors (Lipinski definition) is 5. The molecule has 1 aromatic carbocycles. The molecule has 0 radical (unpaired) electrons. The minimum Gasteiger partial charge on any atom is -0.454 e. The van der Waals surface area contributed by atoms with Gasteiger partial charge in [-0.2, -0.15) is 0 Å². The maximum Gasteiger partial charge on any atom is 0.242 e. The molecule has 0 saturated carbocycles. The van der Waals surface area contributed by atoms with Gasteiger partial charge in [0.15, 0.2) is 11.5 Å². The summed E-state index contributed by atoms with van der Waals surface area (Å²) in [5, 5.41) is 0.129. The van der Waals surface area contributed by atoms with Crippen molar-refractivity contribution in [1.82, 2.24) is 9.71 Å². The fraction of sp³-hybridized carbons (Fsp3) is 0.154. The molecule has 0 fully saturated rings. The molecular weight excluding hydrogens is 351 g/mol. The van der Waals surface area contributed by atoms with Crippen molar-refractivity contribution in [3.05, 3.63) is 46.2 Å². The van der Waals surface area contributed by atoms with Gasteiger partial charge in [0.1, 0.15) is 10.0 Å². The van der Waals surface area contributed by atoms with Crippen LogP contribution >= 0.6 is 23.2 Å². The molecule has 1 aliphatic heterocycles. The van der Waals surface area contributed by atoms with Crippen LogP contribution in [0.1, 0.15) is 5.56 Å². The first-order valence-corrected chi connectivity index (χ1v) is 8.39. The molecule has 9 heteroatoms. The normalized spacial score (nSPS) is 13.4. The summed E-state index contributed by atoms with van der Waals surface area (Å²) in [5.74, 6) is 1.23. The lowest BCUT2D eigenvalue weighted by Crippen LogP contribution is -2.23. The van der Waals surface area contributed by atoms with Crippen LogP contribution in [-0.2, 0) is 16.6 Å². The van der Waals surface area contributed by atoms with Crippen LogP contribution < -0.4 is 14.2 Å². The largest absolute Gasteiger partial charge is 0.454 e. The highest BCUT2D eigenvalue weighted by Crippen LogP contribution is 2.32. The Hall–Kier alpha value is -1.54. The second-order valence-electron chi connectivity index (χ2n) is 4.46. The van der Waals surface area contributed by atoms with E-state index in [2.05, 4.69) is 9.71 Å². The number of ether oxygens (including phenoxy) is 2. The Labute approximate surface area is 137 Å². The quantitative estimate of drug-likeness (QED) is 0.847. The van der Waals surface area contributed by atoms with E-state index in [1.165, 1.54) is 6.07 Å². The molecule has 1 N–H and O–H groups in total. The molecule has 0 saturated heterocycles. The van der Waals surface area contributed by atoms with Crippen molar-refractivity contribution in [1.29, 1.82) is 0 Å². The van der Waals surface area contributed by atoms with Gasteiger partial charge in [-0.15, -0.1) is 0 Å². The monoisotopic (exact) mass is 360 g/mol. The Balaban J connectivity index is 1.76. The first-order valence-electron chi connectivity index (χ1n) is 6.15. The van der Waals surface area contributed by atoms with Crippen LogP contribution in [0.25, 0.3) is 0 Å². The van der Waals surface area contributed by atoms with Crippen LogP contribution in [0.15, 0.2) is 35.4 Å². The minimum absolute atomic E-state index is 0.0522. The molecule has 6 nitrogen and oxygen atoms in total. The van der Waals surface area contributed by atoms with Crippen LogP contribution in [0.3, 0.4) is 0 Å². The molecule has 1 aromatic heterocycles. The van der Waals surface area contributed by atoms with Crippen molar-refractivity contribution < 1.29 is 17.9 Å². The molecular formula is C13H10Cl2N2O4S. The smallest absolute Gasteiger partial charge is 0.242 e. The molecule has 116 valence electrons. The summed E-state index contributed by atoms with van der Waals surface area (Å²) in [6, 6.07) is 6.45. The first-order chi connectivity index (χ1) is 10.5. The van der Waals surface area contributed by atoms with E-state index >= 15 is 0 Å². The number of sulfonamides is 1. The summed E-state index contributed by atoms with van der Waals surface area (Å²) >= 11 is 11.5. The highest BCUT2D eigenvalue weighted by atomic mass is 35.5. The lowest BCUT2D eigenvalue weighted by Gasteiger charge is -2.08. The fourth-order valence-corrected chi connectivity index (χ4v) is 3.19. The Bertz CT molecular complexity index is 827. The van der Waals surface area contributed by atoms with Gasteiger partial charge >= 0.3 is 0 Å². The zero-order valence-corrected chi connectivity index (χ0v) is 13.4. The number of nitrogens with one attached hydrogen (secondary N) is 1. The minimum atomic E-state index is -3.74. The maximum absolute atomic E-state index is 12.2. The number of aromatic nitrogens is 1. The van der Waals surface area contributed by atoms with E-state index in [0.717, 1.165) is 11.8 Å². The van der Waals surface area contributed by atoms with E-state index in [1.54, 1.807) is 18.2 Å². The van der Waals surface area contributed by atoms with Crippen molar-refractivity contribution in [3.63, 3.8) is 0 Å². The van der Waals surface area contributed by atoms with E-state index in [9.17, 15) is 8.42 Å². The fourth-order valence-electron chi connectivity index (χ4n) is 1.86. The Morgan fingerprint density at radius 3 is 2.73 bits per heavy atom. The van der Waals surface area contributed by atoms with Gasteiger partial charge in [0.05, 0.1) is 5.02 Å². The molecule has 22 heavy (non-hydrogen) atoms. The number of hydrogen-bond donors (Lipinski definition) is 1. The molecule has 1 aliphatic rings. The van der Waals surface area contributed by atoms with Gasteiger partial charge in [0.25, 0.3) is 0 Å². The van der Waals surface area contributed by atoms with Gasteiger partial charge in [0.2, 0.25) is 16.8 Å². The molecule has 0 spiro atoms. The van der Waals surface area contributed by atoms with E-state index < -0.39 is 10.0 Å². The Morgan fingerprint density at radius 1 is 1.18 bits per heavy atom. The average Bonchev–Trinajstić information content (AvgIpc) is 2.95. The second-order valence-corrected chi connectivity index (χ2v) is 6.99. The summed E-state index contributed by atoms with van der Waals surface area (Å²) in [4.78, 5) is 3.67. The van der Waals surface area contributed by atoms with Crippen molar-refractivity contribution >= 4 is 33.2 Å². The van der Waals surface area contributed by atoms with Crippen LogP contribution in [0.2, 0.25) is 10.2 Å². The zero-order valence-electron chi connectivity index (χ0n) is 11.0.